The average Bonchev–Trinajstić information content (AvgIpc) is 3.15. The molecule has 29 heavy (non-hydrogen) atoms. The number of nitrogens with zero attached hydrogens (tertiary/aromatic N) is 3. The van der Waals surface area contributed by atoms with Crippen molar-refractivity contribution < 1.29 is 8.42 Å². The summed E-state index contributed by atoms with van der Waals surface area (Å²) in [6, 6.07) is 17.2. The maximum Gasteiger partial charge on any atom is 0.238 e. The molecule has 4 rings (SSSR count). The van der Waals surface area contributed by atoms with Crippen molar-refractivity contribution >= 4 is 27.0 Å². The topological polar surface area (TPSA) is 79.5 Å². The van der Waals surface area contributed by atoms with Gasteiger partial charge in [0.15, 0.2) is 0 Å². The molecule has 152 valence electrons. The van der Waals surface area contributed by atoms with Gasteiger partial charge in [-0.2, -0.15) is 0 Å². The van der Waals surface area contributed by atoms with Gasteiger partial charge < -0.3 is 4.90 Å². The molecule has 1 aliphatic heterocycles. The fraction of sp³-hybridized carbons (Fsp3) is 0.286. The lowest BCUT2D eigenvalue weighted by atomic mass is 10.2. The van der Waals surface area contributed by atoms with E-state index in [1.54, 1.807) is 23.5 Å². The predicted octanol–water partition coefficient (Wildman–Crippen LogP) is 2.70. The summed E-state index contributed by atoms with van der Waals surface area (Å²) in [5.74, 6) is 0. The van der Waals surface area contributed by atoms with E-state index in [1.165, 1.54) is 5.56 Å². The standard InChI is InChI=1S/C21H24N4O2S2/c22-29(26,27)20-8-6-19(7-9-20)25-12-10-24(11-13-25)15-18-16-28-21(23-18)14-17-4-2-1-3-5-17/h1-9,16H,10-15H2,(H2,22,26,27). The van der Waals surface area contributed by atoms with Gasteiger partial charge >= 0.3 is 0 Å². The van der Waals surface area contributed by atoms with Gasteiger partial charge in [-0.25, -0.2) is 18.5 Å². The Hall–Kier alpha value is -2.26. The third-order valence-electron chi connectivity index (χ3n) is 5.09. The number of anilines is 1. The lowest BCUT2D eigenvalue weighted by molar-refractivity contribution is 0.247. The summed E-state index contributed by atoms with van der Waals surface area (Å²) in [5.41, 5.74) is 3.44. The first-order chi connectivity index (χ1) is 14.0. The normalized spacial score (nSPS) is 15.6. The molecule has 0 saturated carbocycles. The van der Waals surface area contributed by atoms with E-state index >= 15 is 0 Å². The van der Waals surface area contributed by atoms with E-state index in [-0.39, 0.29) is 4.90 Å². The maximum absolute atomic E-state index is 11.4. The van der Waals surface area contributed by atoms with Crippen LogP contribution in [0.1, 0.15) is 16.3 Å². The quantitative estimate of drug-likeness (QED) is 0.653. The number of sulfonamides is 1. The molecule has 2 N–H and O–H groups in total. The Kier molecular flexibility index (Phi) is 5.96. The Balaban J connectivity index is 1.30. The number of primary sulfonamides is 1. The Bertz CT molecular complexity index is 1040. The summed E-state index contributed by atoms with van der Waals surface area (Å²) in [4.78, 5) is 9.63. The van der Waals surface area contributed by atoms with E-state index in [0.717, 1.165) is 55.5 Å². The Morgan fingerprint density at radius 2 is 1.66 bits per heavy atom. The van der Waals surface area contributed by atoms with Crippen LogP contribution in [0.5, 0.6) is 0 Å². The second kappa shape index (κ2) is 8.62. The molecule has 0 spiro atoms. The van der Waals surface area contributed by atoms with Crippen LogP contribution >= 0.6 is 11.3 Å². The van der Waals surface area contributed by atoms with Crippen LogP contribution in [0.2, 0.25) is 0 Å². The zero-order valence-electron chi connectivity index (χ0n) is 16.1. The van der Waals surface area contributed by atoms with E-state index in [0.29, 0.717) is 0 Å². The Morgan fingerprint density at radius 3 is 2.31 bits per heavy atom. The average molecular weight is 429 g/mol. The van der Waals surface area contributed by atoms with Crippen molar-refractivity contribution in [3.05, 3.63) is 76.2 Å². The number of piperazine rings is 1. The minimum atomic E-state index is -3.64. The van der Waals surface area contributed by atoms with E-state index in [4.69, 9.17) is 10.1 Å². The van der Waals surface area contributed by atoms with E-state index in [2.05, 4.69) is 39.4 Å². The third kappa shape index (κ3) is 5.22. The molecule has 1 aliphatic rings. The van der Waals surface area contributed by atoms with Crippen molar-refractivity contribution in [2.45, 2.75) is 17.9 Å². The van der Waals surface area contributed by atoms with Gasteiger partial charge in [0.1, 0.15) is 0 Å². The zero-order chi connectivity index (χ0) is 20.3. The fourth-order valence-corrected chi connectivity index (χ4v) is 4.85. The van der Waals surface area contributed by atoms with Gasteiger partial charge in [-0.3, -0.25) is 4.90 Å². The smallest absolute Gasteiger partial charge is 0.238 e. The Morgan fingerprint density at radius 1 is 0.966 bits per heavy atom. The van der Waals surface area contributed by atoms with Gasteiger partial charge in [0, 0.05) is 50.2 Å². The molecule has 8 heteroatoms. The van der Waals surface area contributed by atoms with E-state index in [9.17, 15) is 8.42 Å². The second-order valence-corrected chi connectivity index (χ2v) is 9.70. The molecule has 0 aliphatic carbocycles. The molecule has 1 saturated heterocycles. The first-order valence-electron chi connectivity index (χ1n) is 9.55. The Labute approximate surface area is 175 Å². The van der Waals surface area contributed by atoms with Crippen molar-refractivity contribution in [2.24, 2.45) is 5.14 Å². The predicted molar refractivity (Wildman–Crippen MR) is 117 cm³/mol. The molecule has 0 radical (unpaired) electrons. The number of benzene rings is 2. The summed E-state index contributed by atoms with van der Waals surface area (Å²) in [6.45, 7) is 4.56. The molecule has 2 heterocycles. The summed E-state index contributed by atoms with van der Waals surface area (Å²) in [7, 11) is -3.64. The van der Waals surface area contributed by atoms with Crippen molar-refractivity contribution in [1.82, 2.24) is 9.88 Å². The third-order valence-corrected chi connectivity index (χ3v) is 6.91. The molecule has 2 aromatic carbocycles. The van der Waals surface area contributed by atoms with Crippen molar-refractivity contribution in [1.29, 1.82) is 0 Å². The highest BCUT2D eigenvalue weighted by Crippen LogP contribution is 2.21. The molecule has 1 aromatic heterocycles. The zero-order valence-corrected chi connectivity index (χ0v) is 17.7. The van der Waals surface area contributed by atoms with Gasteiger partial charge in [0.05, 0.1) is 15.6 Å². The van der Waals surface area contributed by atoms with Crippen LogP contribution in [0.25, 0.3) is 0 Å². The van der Waals surface area contributed by atoms with Crippen LogP contribution in [-0.4, -0.2) is 44.5 Å². The van der Waals surface area contributed by atoms with Gasteiger partial charge in [0.2, 0.25) is 10.0 Å². The lowest BCUT2D eigenvalue weighted by Gasteiger charge is -2.35. The lowest BCUT2D eigenvalue weighted by Crippen LogP contribution is -2.46. The number of rotatable bonds is 6. The number of thiazole rings is 1. The molecule has 3 aromatic rings. The summed E-state index contributed by atoms with van der Waals surface area (Å²) in [6.07, 6.45) is 0.883. The number of hydrogen-bond acceptors (Lipinski definition) is 6. The minimum absolute atomic E-state index is 0.148. The highest BCUT2D eigenvalue weighted by molar-refractivity contribution is 7.89. The van der Waals surface area contributed by atoms with E-state index < -0.39 is 10.0 Å². The van der Waals surface area contributed by atoms with Crippen molar-refractivity contribution in [2.75, 3.05) is 31.1 Å². The van der Waals surface area contributed by atoms with Gasteiger partial charge in [-0.15, -0.1) is 11.3 Å². The molecular weight excluding hydrogens is 404 g/mol. The summed E-state index contributed by atoms with van der Waals surface area (Å²) in [5, 5.41) is 8.48. The van der Waals surface area contributed by atoms with Crippen LogP contribution in [-0.2, 0) is 23.0 Å². The first kappa shape index (κ1) is 20.0. The largest absolute Gasteiger partial charge is 0.369 e. The van der Waals surface area contributed by atoms with Crippen LogP contribution in [0, 0.1) is 0 Å². The molecule has 0 unspecified atom stereocenters. The van der Waals surface area contributed by atoms with Crippen LogP contribution < -0.4 is 10.0 Å². The second-order valence-electron chi connectivity index (χ2n) is 7.20. The number of aromatic nitrogens is 1. The molecular formula is C21H24N4O2S2. The minimum Gasteiger partial charge on any atom is -0.369 e. The monoisotopic (exact) mass is 428 g/mol. The molecule has 6 nitrogen and oxygen atoms in total. The summed E-state index contributed by atoms with van der Waals surface area (Å²) < 4.78 is 22.8. The van der Waals surface area contributed by atoms with Crippen molar-refractivity contribution in [3.63, 3.8) is 0 Å². The number of hydrogen-bond donors (Lipinski definition) is 1. The molecule has 0 bridgehead atoms. The SMILES string of the molecule is NS(=O)(=O)c1ccc(N2CCN(Cc3csc(Cc4ccccc4)n3)CC2)cc1. The highest BCUT2D eigenvalue weighted by Gasteiger charge is 2.19. The van der Waals surface area contributed by atoms with Crippen LogP contribution in [0.15, 0.2) is 64.9 Å². The first-order valence-corrected chi connectivity index (χ1v) is 12.0. The molecule has 0 atom stereocenters. The van der Waals surface area contributed by atoms with Gasteiger partial charge in [-0.1, -0.05) is 30.3 Å². The maximum atomic E-state index is 11.4. The van der Waals surface area contributed by atoms with Gasteiger partial charge in [-0.05, 0) is 29.8 Å². The summed E-state index contributed by atoms with van der Waals surface area (Å²) >= 11 is 1.73. The van der Waals surface area contributed by atoms with Gasteiger partial charge in [0.25, 0.3) is 0 Å². The van der Waals surface area contributed by atoms with Crippen LogP contribution in [0.4, 0.5) is 5.69 Å². The highest BCUT2D eigenvalue weighted by atomic mass is 32.2. The fourth-order valence-electron chi connectivity index (χ4n) is 3.51. The van der Waals surface area contributed by atoms with Crippen LogP contribution in [0.3, 0.4) is 0 Å². The van der Waals surface area contributed by atoms with Crippen molar-refractivity contribution in [3.8, 4) is 0 Å². The number of nitrogens with two attached hydrogens (primary N) is 1. The van der Waals surface area contributed by atoms with E-state index in [1.807, 2.05) is 18.2 Å². The molecule has 1 fully saturated rings. The molecule has 0 amide bonds.